The molecule has 0 aliphatic rings. The van der Waals surface area contributed by atoms with E-state index >= 15 is 0 Å². The van der Waals surface area contributed by atoms with Crippen molar-refractivity contribution < 1.29 is 47.4 Å². The molecule has 3 aromatic carbocycles. The molecular formula is C20H14Cl2CrN6O6S. The van der Waals surface area contributed by atoms with Crippen molar-refractivity contribution in [3.8, 4) is 5.75 Å². The molecule has 4 aromatic rings. The quantitative estimate of drug-likeness (QED) is 0.0768. The number of aldehydes is 1. The maximum absolute atomic E-state index is 11.2. The molecule has 186 valence electrons. The zero-order valence-electron chi connectivity index (χ0n) is 17.6. The molecule has 0 spiro atoms. The Hall–Kier alpha value is -2.90. The second kappa shape index (κ2) is 13.4. The third-order valence-corrected chi connectivity index (χ3v) is 5.32. The van der Waals surface area contributed by atoms with Crippen LogP contribution in [-0.2, 0) is 26.7 Å². The number of hydrogen-bond donors (Lipinski definition) is 3. The predicted molar refractivity (Wildman–Crippen MR) is 129 cm³/mol. The molecule has 0 radical (unpaired) electrons. The molecule has 0 saturated carbocycles. The van der Waals surface area contributed by atoms with Crippen LogP contribution >= 0.6 is 35.2 Å². The van der Waals surface area contributed by atoms with Crippen molar-refractivity contribution in [2.75, 3.05) is 5.32 Å². The summed E-state index contributed by atoms with van der Waals surface area (Å²) in [6.45, 7) is 0. The van der Waals surface area contributed by atoms with Gasteiger partial charge in [0.15, 0.2) is 12.0 Å². The number of phenols is 1. The number of fused-ring (bicyclic) bond motifs is 1. The van der Waals surface area contributed by atoms with Crippen LogP contribution in [0.2, 0.25) is 10.6 Å². The Bertz CT molecular complexity index is 1400. The second-order valence-electron chi connectivity index (χ2n) is 6.43. The van der Waals surface area contributed by atoms with Gasteiger partial charge in [0.25, 0.3) is 0 Å². The third-order valence-electron chi connectivity index (χ3n) is 4.36. The van der Waals surface area contributed by atoms with E-state index in [9.17, 15) is 9.90 Å². The van der Waals surface area contributed by atoms with Crippen molar-refractivity contribution in [3.05, 3.63) is 64.7 Å². The van der Waals surface area contributed by atoms with Crippen LogP contribution in [0.5, 0.6) is 5.75 Å². The van der Waals surface area contributed by atoms with Gasteiger partial charge in [0.2, 0.25) is 16.5 Å². The summed E-state index contributed by atoms with van der Waals surface area (Å²) in [4.78, 5) is 23.1. The van der Waals surface area contributed by atoms with Gasteiger partial charge in [0.05, 0.1) is 22.6 Å². The summed E-state index contributed by atoms with van der Waals surface area (Å²) in [5, 5.41) is 35.1. The smallest absolute Gasteiger partial charge is 0.232 e. The first-order valence-electron chi connectivity index (χ1n) is 9.23. The van der Waals surface area contributed by atoms with Crippen molar-refractivity contribution in [2.24, 2.45) is 10.2 Å². The summed E-state index contributed by atoms with van der Waals surface area (Å²) in [5.74, 6) is -0.0916. The van der Waals surface area contributed by atoms with Crippen LogP contribution in [-0.4, -0.2) is 37.1 Å². The number of benzene rings is 3. The number of azo groups is 1. The Balaban J connectivity index is 0.00000228. The number of aromatic nitrogens is 3. The average Bonchev–Trinajstić information content (AvgIpc) is 2.81. The van der Waals surface area contributed by atoms with Crippen LogP contribution in [0.3, 0.4) is 0 Å². The van der Waals surface area contributed by atoms with Crippen LogP contribution in [0, 0.1) is 0 Å². The molecule has 12 nitrogen and oxygen atoms in total. The summed E-state index contributed by atoms with van der Waals surface area (Å²) < 4.78 is 4.54. The SMILES string of the molecule is O.O=Cc1ccccc1N=Nc1c(SOOO)cc2cc(Nc3nc(Cl)nc(Cl)n3)ccc2c1O.[Cr]. The van der Waals surface area contributed by atoms with Gasteiger partial charge in [0.1, 0.15) is 5.69 Å². The first-order chi connectivity index (χ1) is 16.5. The van der Waals surface area contributed by atoms with Gasteiger partial charge in [0, 0.05) is 34.0 Å². The van der Waals surface area contributed by atoms with Gasteiger partial charge in [-0.25, -0.2) is 5.26 Å². The third kappa shape index (κ3) is 6.86. The van der Waals surface area contributed by atoms with E-state index in [4.69, 9.17) is 28.5 Å². The van der Waals surface area contributed by atoms with E-state index in [1.807, 2.05) is 0 Å². The number of nitrogens with one attached hydrogen (secondary N) is 1. The number of carbonyl (C=O) groups excluding carboxylic acids is 1. The number of phenolic OH excluding ortho intramolecular Hbond substituents is 1. The Morgan fingerprint density at radius 2 is 1.75 bits per heavy atom. The van der Waals surface area contributed by atoms with E-state index in [0.29, 0.717) is 46.0 Å². The molecule has 16 heteroatoms. The number of rotatable bonds is 8. The molecular weight excluding hydrogens is 575 g/mol. The monoisotopic (exact) mass is 588 g/mol. The van der Waals surface area contributed by atoms with Crippen molar-refractivity contribution in [1.82, 2.24) is 15.0 Å². The molecule has 0 amide bonds. The fraction of sp³-hybridized carbons (Fsp3) is 0. The molecule has 0 unspecified atom stereocenters. The van der Waals surface area contributed by atoms with E-state index in [1.165, 1.54) is 0 Å². The second-order valence-corrected chi connectivity index (χ2v) is 7.85. The molecule has 0 atom stereocenters. The largest absolute Gasteiger partial charge is 0.505 e. The van der Waals surface area contributed by atoms with Crippen LogP contribution in [0.25, 0.3) is 10.8 Å². The minimum atomic E-state index is -0.216. The van der Waals surface area contributed by atoms with Crippen molar-refractivity contribution in [1.29, 1.82) is 0 Å². The van der Waals surface area contributed by atoms with Gasteiger partial charge in [-0.3, -0.25) is 4.79 Å². The molecule has 0 fully saturated rings. The van der Waals surface area contributed by atoms with Gasteiger partial charge >= 0.3 is 0 Å². The van der Waals surface area contributed by atoms with Gasteiger partial charge in [-0.15, -0.1) is 14.6 Å². The predicted octanol–water partition coefficient (Wildman–Crippen LogP) is 5.61. The number of nitrogens with zero attached hydrogens (tertiary/aromatic N) is 5. The molecule has 0 aliphatic heterocycles. The van der Waals surface area contributed by atoms with Crippen LogP contribution in [0.1, 0.15) is 10.4 Å². The zero-order valence-corrected chi connectivity index (χ0v) is 21.2. The van der Waals surface area contributed by atoms with E-state index in [-0.39, 0.29) is 55.7 Å². The van der Waals surface area contributed by atoms with Crippen LogP contribution in [0.15, 0.2) is 63.7 Å². The number of aromatic hydroxyl groups is 1. The number of halogens is 2. The first-order valence-corrected chi connectivity index (χ1v) is 10.7. The normalized spacial score (nSPS) is 10.6. The fourth-order valence-electron chi connectivity index (χ4n) is 2.93. The minimum Gasteiger partial charge on any atom is -0.505 e. The summed E-state index contributed by atoms with van der Waals surface area (Å²) in [5.41, 5.74) is 1.22. The Morgan fingerprint density at radius 3 is 2.44 bits per heavy atom. The van der Waals surface area contributed by atoms with Gasteiger partial charge in [-0.1, -0.05) is 17.2 Å². The van der Waals surface area contributed by atoms with Crippen molar-refractivity contribution in [3.63, 3.8) is 0 Å². The molecule has 0 saturated heterocycles. The topological polar surface area (TPSA) is 183 Å². The molecule has 1 heterocycles. The summed E-state index contributed by atoms with van der Waals surface area (Å²) in [7, 11) is 0. The maximum Gasteiger partial charge on any atom is 0.232 e. The molecule has 4 rings (SSSR count). The Morgan fingerprint density at radius 1 is 1.03 bits per heavy atom. The van der Waals surface area contributed by atoms with Gasteiger partial charge in [-0.05, 0) is 65.0 Å². The summed E-state index contributed by atoms with van der Waals surface area (Å²) in [6, 6.07) is 13.2. The van der Waals surface area contributed by atoms with E-state index in [2.05, 4.69) is 39.9 Å². The minimum absolute atomic E-state index is 0. The van der Waals surface area contributed by atoms with E-state index < -0.39 is 0 Å². The van der Waals surface area contributed by atoms with Crippen molar-refractivity contribution >= 4 is 75.3 Å². The summed E-state index contributed by atoms with van der Waals surface area (Å²) >= 11 is 12.2. The fourth-order valence-corrected chi connectivity index (χ4v) is 3.79. The summed E-state index contributed by atoms with van der Waals surface area (Å²) in [6.07, 6.45) is 0.647. The first kappa shape index (κ1) is 29.3. The number of anilines is 2. The van der Waals surface area contributed by atoms with E-state index in [0.717, 1.165) is 0 Å². The average molecular weight is 589 g/mol. The number of hydrogen-bond acceptors (Lipinski definition) is 12. The van der Waals surface area contributed by atoms with Crippen LogP contribution in [0.4, 0.5) is 23.0 Å². The Labute approximate surface area is 227 Å². The molecule has 0 bridgehead atoms. The van der Waals surface area contributed by atoms with E-state index in [1.54, 1.807) is 48.5 Å². The Kier molecular flexibility index (Phi) is 10.9. The molecule has 5 N–H and O–H groups in total. The van der Waals surface area contributed by atoms with Crippen molar-refractivity contribution in [2.45, 2.75) is 4.90 Å². The maximum atomic E-state index is 11.2. The zero-order chi connectivity index (χ0) is 24.1. The standard InChI is InChI=1S/C20H12Cl2N6O5S.Cr.H2O/c21-18-24-19(22)26-20(25-18)23-12-5-6-13-11(7-12)8-15(34-33-32-31)16(17(13)30)28-27-14-4-2-1-3-10(14)9-29;;/h1-9,30-31H,(H,23,24,25,26);;1H2. The molecule has 36 heavy (non-hydrogen) atoms. The van der Waals surface area contributed by atoms with Gasteiger partial charge < -0.3 is 15.9 Å². The van der Waals surface area contributed by atoms with Gasteiger partial charge in [-0.2, -0.15) is 15.0 Å². The van der Waals surface area contributed by atoms with Crippen LogP contribution < -0.4 is 5.32 Å². The molecule has 0 aliphatic carbocycles. The number of carbonyl (C=O) groups is 1. The molecule has 1 aromatic heterocycles.